The van der Waals surface area contributed by atoms with Gasteiger partial charge < -0.3 is 69.8 Å². The van der Waals surface area contributed by atoms with E-state index < -0.39 is 64.0 Å². The first kappa shape index (κ1) is 26.4. The van der Waals surface area contributed by atoms with Gasteiger partial charge in [-0.15, -0.1) is 0 Å². The summed E-state index contributed by atoms with van der Waals surface area (Å²) in [5.74, 6) is 0. The minimum Gasteiger partial charge on any atom is -0.385 e. The third-order valence-electron chi connectivity index (χ3n) is 4.37. The van der Waals surface area contributed by atoms with Crippen molar-refractivity contribution in [2.75, 3.05) is 0 Å². The molecule has 0 amide bonds. The third-order valence-corrected chi connectivity index (χ3v) is 10.6. The highest BCUT2D eigenvalue weighted by molar-refractivity contribution is 7.61. The van der Waals surface area contributed by atoms with E-state index in [0.29, 0.717) is 0 Å². The highest BCUT2D eigenvalue weighted by atomic mass is 31.2. The Morgan fingerprint density at radius 2 is 0.750 bits per heavy atom. The Kier molecular flexibility index (Phi) is 6.06. The Morgan fingerprint density at radius 1 is 0.500 bits per heavy atom. The lowest BCUT2D eigenvalue weighted by molar-refractivity contribution is -0.298. The maximum atomic E-state index is 11.7. The summed E-state index contributed by atoms with van der Waals surface area (Å²) in [6.45, 7) is 0. The van der Waals surface area contributed by atoms with Crippen LogP contribution in [0.25, 0.3) is 0 Å². The number of hydrogen-bond acceptors (Lipinski definition) is 10. The lowest BCUT2D eigenvalue weighted by Crippen LogP contribution is -2.85. The van der Waals surface area contributed by atoms with Crippen molar-refractivity contribution >= 4 is 30.4 Å². The molecule has 0 radical (unpaired) electrons. The molecule has 0 heterocycles. The minimum absolute atomic E-state index is 4.30. The fourth-order valence-electron chi connectivity index (χ4n) is 2.87. The van der Waals surface area contributed by atoms with Crippen molar-refractivity contribution in [3.63, 3.8) is 0 Å². The maximum absolute atomic E-state index is 11.7. The van der Waals surface area contributed by atoms with Gasteiger partial charge in [-0.05, 0) is 0 Å². The molecule has 0 bridgehead atoms. The molecule has 1 saturated carbocycles. The molecule has 0 unspecified atom stereocenters. The lowest BCUT2D eigenvalue weighted by Gasteiger charge is -2.61. The van der Waals surface area contributed by atoms with E-state index in [0.717, 1.165) is 0 Å². The Labute approximate surface area is 153 Å². The van der Waals surface area contributed by atoms with Gasteiger partial charge in [0.25, 0.3) is 5.34 Å². The summed E-state index contributed by atoms with van der Waals surface area (Å²) in [5.41, 5.74) is 0. The SMILES string of the molecule is O=P(O)(O)[C@]1(O)[C@H](O)[C@](O)(P(=O)(O)O)[C@@](O)(P(=O)(O)O)[C@](O)(P(=O)(O)O)[C@H]1O. The molecule has 0 spiro atoms. The summed E-state index contributed by atoms with van der Waals surface area (Å²) >= 11 is 0. The first-order valence-electron chi connectivity index (χ1n) is 6.29. The van der Waals surface area contributed by atoms with Crippen molar-refractivity contribution in [1.29, 1.82) is 0 Å². The molecule has 0 saturated heterocycles. The molecular weight excluding hydrogens is 484 g/mol. The average Bonchev–Trinajstić information content (AvgIpc) is 2.44. The Bertz CT molecular complexity index is 800. The highest BCUT2D eigenvalue weighted by Crippen LogP contribution is 2.81. The average molecular weight is 500 g/mol. The Balaban J connectivity index is 4.45. The number of aliphatic hydroxyl groups excluding tert-OH is 2. The van der Waals surface area contributed by atoms with Gasteiger partial charge >= 0.3 is 30.4 Å². The van der Waals surface area contributed by atoms with Crippen LogP contribution in [0, 0.1) is 0 Å². The highest BCUT2D eigenvalue weighted by Gasteiger charge is 2.94. The molecule has 0 aliphatic heterocycles. The van der Waals surface area contributed by atoms with Crippen LogP contribution in [-0.4, -0.2) is 103 Å². The second-order valence-electron chi connectivity index (χ2n) is 5.89. The summed E-state index contributed by atoms with van der Waals surface area (Å²) < 4.78 is 46.6. The monoisotopic (exact) mass is 500 g/mol. The second-order valence-corrected chi connectivity index (χ2v) is 13.0. The Morgan fingerprint density at radius 3 is 0.893 bits per heavy atom. The molecule has 168 valence electrons. The molecule has 18 nitrogen and oxygen atoms in total. The maximum Gasteiger partial charge on any atom is 0.364 e. The van der Waals surface area contributed by atoms with Gasteiger partial charge in [0, 0.05) is 0 Å². The standard InChI is InChI=1S/C6H16O18P4/c7-1-3(9,25(13,14)15)2(8)5(11,27(19,20)21)6(12,28(22,23)24)4(1,10)26(16,17)18/h1-2,7-12H,(H2,13,14,15)(H2,16,17,18)(H2,19,20,21)(H2,22,23,24)/t1-,2-,3-,4+,5-,6-/m0/s1. The molecule has 22 heteroatoms. The van der Waals surface area contributed by atoms with Crippen LogP contribution in [-0.2, 0) is 18.3 Å². The van der Waals surface area contributed by atoms with Crippen LogP contribution in [0.15, 0.2) is 0 Å². The first-order valence-corrected chi connectivity index (χ1v) is 12.7. The van der Waals surface area contributed by atoms with Crippen molar-refractivity contribution in [1.82, 2.24) is 0 Å². The van der Waals surface area contributed by atoms with E-state index in [-0.39, 0.29) is 0 Å². The summed E-state index contributed by atoms with van der Waals surface area (Å²) in [4.78, 5) is 73.8. The van der Waals surface area contributed by atoms with Gasteiger partial charge in [-0.25, -0.2) is 0 Å². The van der Waals surface area contributed by atoms with E-state index in [1.54, 1.807) is 0 Å². The summed E-state index contributed by atoms with van der Waals surface area (Å²) in [7, 11) is -27.8. The molecule has 0 aromatic heterocycles. The van der Waals surface area contributed by atoms with E-state index >= 15 is 0 Å². The normalized spacial score (nSPS) is 43.8. The summed E-state index contributed by atoms with van der Waals surface area (Å²) in [5, 5.41) is 38.9. The van der Waals surface area contributed by atoms with Gasteiger partial charge in [-0.2, -0.15) is 0 Å². The summed E-state index contributed by atoms with van der Waals surface area (Å²) in [6.07, 6.45) is -8.61. The first-order chi connectivity index (χ1) is 11.8. The zero-order valence-corrected chi connectivity index (χ0v) is 16.4. The molecule has 0 aromatic carbocycles. The van der Waals surface area contributed by atoms with Crippen molar-refractivity contribution in [2.45, 2.75) is 33.6 Å². The van der Waals surface area contributed by atoms with Crippen LogP contribution in [0.2, 0.25) is 0 Å². The topological polar surface area (TPSA) is 352 Å². The van der Waals surface area contributed by atoms with Gasteiger partial charge in [-0.3, -0.25) is 18.3 Å². The van der Waals surface area contributed by atoms with E-state index in [1.165, 1.54) is 0 Å². The Hall–Kier alpha value is 0.360. The van der Waals surface area contributed by atoms with Crippen LogP contribution in [0.5, 0.6) is 0 Å². The van der Waals surface area contributed by atoms with E-state index in [1.807, 2.05) is 0 Å². The third kappa shape index (κ3) is 2.76. The lowest BCUT2D eigenvalue weighted by atomic mass is 9.82. The van der Waals surface area contributed by atoms with Gasteiger partial charge in [0.05, 0.1) is 0 Å². The van der Waals surface area contributed by atoms with E-state index in [4.69, 9.17) is 9.79 Å². The fraction of sp³-hybridized carbons (Fsp3) is 1.00. The molecule has 0 aromatic rings. The molecule has 14 N–H and O–H groups in total. The molecular formula is C6H16O18P4. The molecule has 6 atom stereocenters. The van der Waals surface area contributed by atoms with Crippen molar-refractivity contribution < 1.29 is 88.0 Å². The molecule has 1 aliphatic rings. The van der Waals surface area contributed by atoms with Crippen LogP contribution >= 0.6 is 30.4 Å². The largest absolute Gasteiger partial charge is 0.385 e. The quantitative estimate of drug-likeness (QED) is 0.160. The molecule has 1 aliphatic carbocycles. The van der Waals surface area contributed by atoms with Crippen molar-refractivity contribution in [3.05, 3.63) is 0 Å². The van der Waals surface area contributed by atoms with Gasteiger partial charge in [0.2, 0.25) is 16.0 Å². The zero-order chi connectivity index (χ0) is 23.2. The minimum atomic E-state index is -7.09. The van der Waals surface area contributed by atoms with E-state index in [9.17, 15) is 78.3 Å². The van der Waals surface area contributed by atoms with Gasteiger partial charge in [-0.1, -0.05) is 0 Å². The predicted octanol–water partition coefficient (Wildman–Crippen LogP) is -5.81. The van der Waals surface area contributed by atoms with Crippen LogP contribution in [0.4, 0.5) is 0 Å². The zero-order valence-electron chi connectivity index (χ0n) is 12.8. The van der Waals surface area contributed by atoms with Crippen molar-refractivity contribution in [2.24, 2.45) is 0 Å². The molecule has 1 rings (SSSR count). The van der Waals surface area contributed by atoms with Gasteiger partial charge in [0.1, 0.15) is 12.2 Å². The number of rotatable bonds is 4. The van der Waals surface area contributed by atoms with Crippen LogP contribution in [0.1, 0.15) is 0 Å². The number of hydrogen-bond donors (Lipinski definition) is 14. The predicted molar refractivity (Wildman–Crippen MR) is 80.0 cm³/mol. The second kappa shape index (κ2) is 6.43. The van der Waals surface area contributed by atoms with Gasteiger partial charge in [0.15, 0.2) is 0 Å². The number of aliphatic hydroxyl groups is 6. The smallest absolute Gasteiger partial charge is 0.364 e. The van der Waals surface area contributed by atoms with Crippen LogP contribution in [0.3, 0.4) is 0 Å². The fourth-order valence-corrected chi connectivity index (χ4v) is 9.02. The molecule has 1 fully saturated rings. The van der Waals surface area contributed by atoms with Crippen LogP contribution < -0.4 is 0 Å². The van der Waals surface area contributed by atoms with Crippen molar-refractivity contribution in [3.8, 4) is 0 Å². The summed E-state index contributed by atoms with van der Waals surface area (Å²) in [6, 6.07) is 0. The molecule has 28 heavy (non-hydrogen) atoms. The van der Waals surface area contributed by atoms with E-state index in [2.05, 4.69) is 0 Å².